The molecule has 2 aromatic rings. The predicted molar refractivity (Wildman–Crippen MR) is 100 cm³/mol. The van der Waals surface area contributed by atoms with Crippen LogP contribution in [0, 0.1) is 6.92 Å². The largest absolute Gasteiger partial charge is 0.0841 e. The molecule has 0 amide bonds. The van der Waals surface area contributed by atoms with Crippen molar-refractivity contribution in [2.24, 2.45) is 0 Å². The first-order chi connectivity index (χ1) is 10.2. The van der Waals surface area contributed by atoms with E-state index in [1.807, 2.05) is 19.9 Å². The van der Waals surface area contributed by atoms with Crippen molar-refractivity contribution in [2.45, 2.75) is 59.8 Å². The highest BCUT2D eigenvalue weighted by atomic mass is 35.5. The van der Waals surface area contributed by atoms with E-state index in [0.717, 1.165) is 5.02 Å². The maximum absolute atomic E-state index is 6.14. The summed E-state index contributed by atoms with van der Waals surface area (Å²) in [6.07, 6.45) is 2.50. The van der Waals surface area contributed by atoms with Crippen LogP contribution < -0.4 is 0 Å². The summed E-state index contributed by atoms with van der Waals surface area (Å²) in [6.45, 7) is 8.42. The number of rotatable bonds is 1. The van der Waals surface area contributed by atoms with Gasteiger partial charge in [-0.15, -0.1) is 0 Å². The van der Waals surface area contributed by atoms with E-state index in [0.29, 0.717) is 11.8 Å². The van der Waals surface area contributed by atoms with Gasteiger partial charge in [0.15, 0.2) is 0 Å². The molecule has 0 nitrogen and oxygen atoms in total. The Morgan fingerprint density at radius 2 is 1.59 bits per heavy atom. The molecule has 1 aliphatic carbocycles. The zero-order valence-electron chi connectivity index (χ0n) is 13.5. The lowest BCUT2D eigenvalue weighted by Crippen LogP contribution is -2.13. The maximum Gasteiger partial charge on any atom is 0.0435 e. The van der Waals surface area contributed by atoms with Crippen LogP contribution in [0.25, 0.3) is 0 Å². The van der Waals surface area contributed by atoms with Gasteiger partial charge in [0.05, 0.1) is 0 Å². The molecule has 0 aromatic heterocycles. The third-order valence-corrected chi connectivity index (χ3v) is 4.80. The Morgan fingerprint density at radius 1 is 0.955 bits per heavy atom. The van der Waals surface area contributed by atoms with Gasteiger partial charge in [-0.05, 0) is 54.0 Å². The number of fused-ring (bicyclic) bond motifs is 1. The Hall–Kier alpha value is -1.27. The quantitative estimate of drug-likeness (QED) is 0.516. The summed E-state index contributed by atoms with van der Waals surface area (Å²) in [6, 6.07) is 15.4. The monoisotopic (exact) mass is 316 g/mol. The van der Waals surface area contributed by atoms with Gasteiger partial charge >= 0.3 is 0 Å². The number of benzene rings is 2. The van der Waals surface area contributed by atoms with E-state index < -0.39 is 0 Å². The maximum atomic E-state index is 6.14. The highest BCUT2D eigenvalue weighted by Crippen LogP contribution is 2.42. The molecule has 1 aliphatic rings. The van der Waals surface area contributed by atoms with Gasteiger partial charge in [0.25, 0.3) is 0 Å². The molecule has 3 rings (SSSR count). The molecule has 0 bridgehead atoms. The number of hydrogen-bond acceptors (Lipinski definition) is 0. The molecule has 2 atom stereocenters. The summed E-state index contributed by atoms with van der Waals surface area (Å²) in [7, 11) is 0. The van der Waals surface area contributed by atoms with E-state index in [-0.39, 0.29) is 7.43 Å². The molecule has 22 heavy (non-hydrogen) atoms. The molecule has 0 fully saturated rings. The van der Waals surface area contributed by atoms with Crippen LogP contribution in [0.3, 0.4) is 0 Å². The van der Waals surface area contributed by atoms with Crippen molar-refractivity contribution in [2.75, 3.05) is 0 Å². The number of aryl methyl sites for hydroxylation is 1. The van der Waals surface area contributed by atoms with Gasteiger partial charge in [-0.3, -0.25) is 0 Å². The van der Waals surface area contributed by atoms with Crippen molar-refractivity contribution in [1.82, 2.24) is 0 Å². The molecule has 120 valence electrons. The molecule has 1 heteroatoms. The lowest BCUT2D eigenvalue weighted by Gasteiger charge is -2.30. The summed E-state index contributed by atoms with van der Waals surface area (Å²) in [5, 5.41) is 0.862. The smallest absolute Gasteiger partial charge is 0.0435 e. The molecule has 0 radical (unpaired) electrons. The van der Waals surface area contributed by atoms with Crippen LogP contribution in [-0.2, 0) is 0 Å². The van der Waals surface area contributed by atoms with Crippen LogP contribution >= 0.6 is 11.6 Å². The van der Waals surface area contributed by atoms with Crippen molar-refractivity contribution in [1.29, 1.82) is 0 Å². The minimum Gasteiger partial charge on any atom is -0.0841 e. The van der Waals surface area contributed by atoms with E-state index in [1.165, 1.54) is 35.1 Å². The molecule has 0 aliphatic heterocycles. The Bertz CT molecular complexity index is 601. The normalized spacial score (nSPS) is 19.3. The van der Waals surface area contributed by atoms with Gasteiger partial charge in [0.1, 0.15) is 0 Å². The standard InChI is InChI=1S/C18H19Cl.C2H6.CH4/c1-12-7-9-16(17-6-4-3-5-15(12)17)14-8-10-18(19)13(2)11-14;1-2;/h3-6,8,10-12,16H,7,9H2,1-2H3;1-2H3;1H4. The highest BCUT2D eigenvalue weighted by molar-refractivity contribution is 6.31. The minimum atomic E-state index is 0. The van der Waals surface area contributed by atoms with E-state index >= 15 is 0 Å². The average molecular weight is 317 g/mol. The van der Waals surface area contributed by atoms with Crippen LogP contribution in [-0.4, -0.2) is 0 Å². The summed E-state index contributed by atoms with van der Waals surface area (Å²) in [5.41, 5.74) is 5.60. The molecule has 0 heterocycles. The molecular weight excluding hydrogens is 288 g/mol. The fourth-order valence-electron chi connectivity index (χ4n) is 3.24. The van der Waals surface area contributed by atoms with Crippen LogP contribution in [0.4, 0.5) is 0 Å². The SMILES string of the molecule is C.CC.Cc1cc(C2CCC(C)c3ccccc32)ccc1Cl. The Morgan fingerprint density at radius 3 is 2.23 bits per heavy atom. The van der Waals surface area contributed by atoms with Gasteiger partial charge in [-0.1, -0.05) is 76.2 Å². The lowest BCUT2D eigenvalue weighted by atomic mass is 9.74. The Kier molecular flexibility index (Phi) is 7.16. The third-order valence-electron chi connectivity index (χ3n) is 4.38. The van der Waals surface area contributed by atoms with Gasteiger partial charge < -0.3 is 0 Å². The van der Waals surface area contributed by atoms with Crippen molar-refractivity contribution >= 4 is 11.6 Å². The predicted octanol–water partition coefficient (Wildman–Crippen LogP) is 7.34. The van der Waals surface area contributed by atoms with E-state index in [4.69, 9.17) is 11.6 Å². The van der Waals surface area contributed by atoms with Gasteiger partial charge in [-0.25, -0.2) is 0 Å². The van der Waals surface area contributed by atoms with Crippen LogP contribution in [0.15, 0.2) is 42.5 Å². The van der Waals surface area contributed by atoms with Crippen molar-refractivity contribution in [3.63, 3.8) is 0 Å². The van der Waals surface area contributed by atoms with E-state index in [9.17, 15) is 0 Å². The summed E-state index contributed by atoms with van der Waals surface area (Å²) < 4.78 is 0. The highest BCUT2D eigenvalue weighted by Gasteiger charge is 2.25. The summed E-state index contributed by atoms with van der Waals surface area (Å²) >= 11 is 6.14. The fourth-order valence-corrected chi connectivity index (χ4v) is 3.35. The van der Waals surface area contributed by atoms with Crippen LogP contribution in [0.2, 0.25) is 5.02 Å². The van der Waals surface area contributed by atoms with Crippen LogP contribution in [0.5, 0.6) is 0 Å². The summed E-state index contributed by atoms with van der Waals surface area (Å²) in [4.78, 5) is 0. The fraction of sp³-hybridized carbons (Fsp3) is 0.429. The van der Waals surface area contributed by atoms with E-state index in [1.54, 1.807) is 0 Å². The molecule has 0 N–H and O–H groups in total. The number of halogens is 1. The Balaban J connectivity index is 0.000000775. The van der Waals surface area contributed by atoms with Gasteiger partial charge in [0.2, 0.25) is 0 Å². The molecule has 0 saturated heterocycles. The second-order valence-electron chi connectivity index (χ2n) is 5.67. The van der Waals surface area contributed by atoms with E-state index in [2.05, 4.69) is 50.2 Å². The molecule has 0 spiro atoms. The zero-order valence-corrected chi connectivity index (χ0v) is 14.2. The first-order valence-electron chi connectivity index (χ1n) is 8.01. The first-order valence-corrected chi connectivity index (χ1v) is 8.39. The van der Waals surface area contributed by atoms with Crippen LogP contribution in [0.1, 0.15) is 75.1 Å². The average Bonchev–Trinajstić information content (AvgIpc) is 2.53. The molecule has 2 unspecified atom stereocenters. The van der Waals surface area contributed by atoms with Gasteiger partial charge in [0, 0.05) is 10.9 Å². The molecule has 0 saturated carbocycles. The lowest BCUT2D eigenvalue weighted by molar-refractivity contribution is 0.545. The molecular formula is C21H29Cl. The van der Waals surface area contributed by atoms with Crippen molar-refractivity contribution < 1.29 is 0 Å². The zero-order chi connectivity index (χ0) is 15.4. The number of hydrogen-bond donors (Lipinski definition) is 0. The molecule has 2 aromatic carbocycles. The minimum absolute atomic E-state index is 0. The summed E-state index contributed by atoms with van der Waals surface area (Å²) in [5.74, 6) is 1.21. The second kappa shape index (κ2) is 8.39. The van der Waals surface area contributed by atoms with Crippen molar-refractivity contribution in [3.8, 4) is 0 Å². The first kappa shape index (κ1) is 18.8. The van der Waals surface area contributed by atoms with Crippen molar-refractivity contribution in [3.05, 3.63) is 69.7 Å². The second-order valence-corrected chi connectivity index (χ2v) is 6.08. The Labute approximate surface area is 141 Å². The topological polar surface area (TPSA) is 0 Å². The third kappa shape index (κ3) is 3.73. The van der Waals surface area contributed by atoms with Gasteiger partial charge in [-0.2, -0.15) is 0 Å².